The summed E-state index contributed by atoms with van der Waals surface area (Å²) in [6, 6.07) is 8.13. The van der Waals surface area contributed by atoms with Crippen molar-refractivity contribution in [3.63, 3.8) is 0 Å². The zero-order valence-corrected chi connectivity index (χ0v) is 11.8. The van der Waals surface area contributed by atoms with Gasteiger partial charge in [-0.1, -0.05) is 18.2 Å². The van der Waals surface area contributed by atoms with Crippen molar-refractivity contribution in [3.05, 3.63) is 35.4 Å². The van der Waals surface area contributed by atoms with Crippen LogP contribution in [0.3, 0.4) is 0 Å². The molecule has 3 rings (SSSR count). The van der Waals surface area contributed by atoms with Crippen LogP contribution in [-0.2, 0) is 4.74 Å². The van der Waals surface area contributed by atoms with Crippen molar-refractivity contribution in [2.45, 2.75) is 18.8 Å². The summed E-state index contributed by atoms with van der Waals surface area (Å²) in [6.45, 7) is 4.82. The third kappa shape index (κ3) is 2.86. The Morgan fingerprint density at radius 1 is 1.15 bits per heavy atom. The number of nitrogens with zero attached hydrogens (tertiary/aromatic N) is 1. The molecule has 2 aliphatic rings. The molecule has 0 aliphatic carbocycles. The van der Waals surface area contributed by atoms with Crippen LogP contribution in [0.25, 0.3) is 0 Å². The summed E-state index contributed by atoms with van der Waals surface area (Å²) >= 11 is 0. The fourth-order valence-electron chi connectivity index (χ4n) is 3.12. The van der Waals surface area contributed by atoms with Crippen molar-refractivity contribution in [1.82, 2.24) is 10.2 Å². The van der Waals surface area contributed by atoms with Crippen molar-refractivity contribution in [1.29, 1.82) is 0 Å². The van der Waals surface area contributed by atoms with Crippen LogP contribution in [0.1, 0.15) is 34.7 Å². The molecule has 2 saturated heterocycles. The average Bonchev–Trinajstić information content (AvgIpc) is 2.56. The SMILES string of the molecule is O=C(c1ccccc1C1CCNCC1)N1CCOCC1. The molecule has 4 heteroatoms. The lowest BCUT2D eigenvalue weighted by molar-refractivity contribution is 0.0301. The fraction of sp³-hybridized carbons (Fsp3) is 0.562. The molecule has 2 heterocycles. The fourth-order valence-corrected chi connectivity index (χ4v) is 3.12. The Labute approximate surface area is 120 Å². The van der Waals surface area contributed by atoms with Crippen LogP contribution in [0, 0.1) is 0 Å². The molecule has 0 radical (unpaired) electrons. The topological polar surface area (TPSA) is 41.6 Å². The zero-order chi connectivity index (χ0) is 13.8. The van der Waals surface area contributed by atoms with Crippen molar-refractivity contribution in [3.8, 4) is 0 Å². The lowest BCUT2D eigenvalue weighted by atomic mass is 9.86. The van der Waals surface area contributed by atoms with E-state index in [1.165, 1.54) is 5.56 Å². The highest BCUT2D eigenvalue weighted by Gasteiger charge is 2.24. The summed E-state index contributed by atoms with van der Waals surface area (Å²) in [5.74, 6) is 0.680. The second-order valence-corrected chi connectivity index (χ2v) is 5.52. The number of nitrogens with one attached hydrogen (secondary N) is 1. The maximum absolute atomic E-state index is 12.7. The second-order valence-electron chi connectivity index (χ2n) is 5.52. The van der Waals surface area contributed by atoms with Gasteiger partial charge in [0, 0.05) is 18.7 Å². The first kappa shape index (κ1) is 13.6. The van der Waals surface area contributed by atoms with E-state index in [2.05, 4.69) is 11.4 Å². The lowest BCUT2D eigenvalue weighted by Crippen LogP contribution is -2.41. The van der Waals surface area contributed by atoms with E-state index < -0.39 is 0 Å². The Bertz CT molecular complexity index is 463. The summed E-state index contributed by atoms with van der Waals surface area (Å²) in [5, 5.41) is 3.38. The number of morpholine rings is 1. The quantitative estimate of drug-likeness (QED) is 0.891. The van der Waals surface area contributed by atoms with Crippen LogP contribution < -0.4 is 5.32 Å². The number of amides is 1. The molecule has 0 aromatic heterocycles. The van der Waals surface area contributed by atoms with Crippen LogP contribution >= 0.6 is 0 Å². The first-order chi connectivity index (χ1) is 9.86. The van der Waals surface area contributed by atoms with Gasteiger partial charge in [0.1, 0.15) is 0 Å². The maximum atomic E-state index is 12.7. The molecule has 0 atom stereocenters. The Hall–Kier alpha value is -1.39. The summed E-state index contributed by atoms with van der Waals surface area (Å²) in [5.41, 5.74) is 2.12. The number of hydrogen-bond acceptors (Lipinski definition) is 3. The molecule has 1 amide bonds. The smallest absolute Gasteiger partial charge is 0.254 e. The molecule has 108 valence electrons. The van der Waals surface area contributed by atoms with Gasteiger partial charge >= 0.3 is 0 Å². The van der Waals surface area contributed by atoms with Crippen LogP contribution in [0.2, 0.25) is 0 Å². The molecule has 1 aromatic carbocycles. The normalized spacial score (nSPS) is 20.9. The number of carbonyl (C=O) groups excluding carboxylic acids is 1. The summed E-state index contributed by atoms with van der Waals surface area (Å²) in [7, 11) is 0. The summed E-state index contributed by atoms with van der Waals surface area (Å²) in [4.78, 5) is 14.6. The minimum atomic E-state index is 0.169. The third-order valence-electron chi connectivity index (χ3n) is 4.27. The first-order valence-corrected chi connectivity index (χ1v) is 7.53. The lowest BCUT2D eigenvalue weighted by Gasteiger charge is -2.29. The summed E-state index contributed by atoms with van der Waals surface area (Å²) in [6.07, 6.45) is 2.24. The van der Waals surface area contributed by atoms with Crippen molar-refractivity contribution >= 4 is 5.91 Å². The van der Waals surface area contributed by atoms with Gasteiger partial charge in [0.2, 0.25) is 0 Å². The van der Waals surface area contributed by atoms with Gasteiger partial charge < -0.3 is 15.0 Å². The van der Waals surface area contributed by atoms with E-state index in [9.17, 15) is 4.79 Å². The molecule has 0 bridgehead atoms. The Morgan fingerprint density at radius 2 is 1.85 bits per heavy atom. The number of rotatable bonds is 2. The van der Waals surface area contributed by atoms with Gasteiger partial charge in [-0.05, 0) is 43.5 Å². The molecule has 0 saturated carbocycles. The molecule has 1 N–H and O–H groups in total. The van der Waals surface area contributed by atoms with E-state index in [4.69, 9.17) is 4.74 Å². The number of carbonyl (C=O) groups is 1. The third-order valence-corrected chi connectivity index (χ3v) is 4.27. The van der Waals surface area contributed by atoms with Crippen molar-refractivity contribution < 1.29 is 9.53 Å². The van der Waals surface area contributed by atoms with Gasteiger partial charge in [-0.2, -0.15) is 0 Å². The van der Waals surface area contributed by atoms with E-state index in [-0.39, 0.29) is 5.91 Å². The molecule has 2 fully saturated rings. The maximum Gasteiger partial charge on any atom is 0.254 e. The van der Waals surface area contributed by atoms with E-state index >= 15 is 0 Å². The highest BCUT2D eigenvalue weighted by Crippen LogP contribution is 2.28. The van der Waals surface area contributed by atoms with Crippen LogP contribution in [0.15, 0.2) is 24.3 Å². The minimum Gasteiger partial charge on any atom is -0.378 e. The largest absolute Gasteiger partial charge is 0.378 e. The van der Waals surface area contributed by atoms with Gasteiger partial charge in [0.05, 0.1) is 13.2 Å². The molecular formula is C16H22N2O2. The highest BCUT2D eigenvalue weighted by atomic mass is 16.5. The number of hydrogen-bond donors (Lipinski definition) is 1. The molecule has 0 spiro atoms. The van der Waals surface area contributed by atoms with Crippen LogP contribution in [0.4, 0.5) is 0 Å². The number of ether oxygens (including phenoxy) is 1. The van der Waals surface area contributed by atoms with Crippen molar-refractivity contribution in [2.75, 3.05) is 39.4 Å². The van der Waals surface area contributed by atoms with Crippen molar-refractivity contribution in [2.24, 2.45) is 0 Å². The predicted octanol–water partition coefficient (Wildman–Crippen LogP) is 1.63. The van der Waals surface area contributed by atoms with Gasteiger partial charge in [-0.25, -0.2) is 0 Å². The standard InChI is InChI=1S/C16H22N2O2/c19-16(18-9-11-20-12-10-18)15-4-2-1-3-14(15)13-5-7-17-8-6-13/h1-4,13,17H,5-12H2. The molecule has 1 aromatic rings. The zero-order valence-electron chi connectivity index (χ0n) is 11.8. The number of benzene rings is 1. The average molecular weight is 274 g/mol. The highest BCUT2D eigenvalue weighted by molar-refractivity contribution is 5.96. The monoisotopic (exact) mass is 274 g/mol. The Morgan fingerprint density at radius 3 is 2.60 bits per heavy atom. The van der Waals surface area contributed by atoms with Gasteiger partial charge in [0.15, 0.2) is 0 Å². The van der Waals surface area contributed by atoms with Gasteiger partial charge in [-0.3, -0.25) is 4.79 Å². The van der Waals surface area contributed by atoms with E-state index in [0.29, 0.717) is 32.2 Å². The first-order valence-electron chi connectivity index (χ1n) is 7.53. The van der Waals surface area contributed by atoms with Crippen LogP contribution in [0.5, 0.6) is 0 Å². The predicted molar refractivity (Wildman–Crippen MR) is 78.0 cm³/mol. The molecular weight excluding hydrogens is 252 g/mol. The molecule has 20 heavy (non-hydrogen) atoms. The molecule has 2 aliphatic heterocycles. The van der Waals surface area contributed by atoms with Crippen LogP contribution in [-0.4, -0.2) is 50.2 Å². The molecule has 4 nitrogen and oxygen atoms in total. The Kier molecular flexibility index (Phi) is 4.33. The molecule has 0 unspecified atom stereocenters. The number of piperidine rings is 1. The summed E-state index contributed by atoms with van der Waals surface area (Å²) < 4.78 is 5.33. The second kappa shape index (κ2) is 6.37. The van der Waals surface area contributed by atoms with E-state index in [1.807, 2.05) is 23.1 Å². The van der Waals surface area contributed by atoms with Gasteiger partial charge in [0.25, 0.3) is 5.91 Å². The Balaban J connectivity index is 1.82. The minimum absolute atomic E-state index is 0.169. The van der Waals surface area contributed by atoms with E-state index in [1.54, 1.807) is 0 Å². The van der Waals surface area contributed by atoms with E-state index in [0.717, 1.165) is 31.5 Å². The van der Waals surface area contributed by atoms with Gasteiger partial charge in [-0.15, -0.1) is 0 Å².